The van der Waals surface area contributed by atoms with Gasteiger partial charge in [0.15, 0.2) is 11.5 Å². The van der Waals surface area contributed by atoms with Crippen molar-refractivity contribution in [2.24, 2.45) is 0 Å². The fourth-order valence-corrected chi connectivity index (χ4v) is 3.18. The maximum Gasteiger partial charge on any atom is 0.203 e. The van der Waals surface area contributed by atoms with Crippen LogP contribution in [0, 0.1) is 13.8 Å². The predicted molar refractivity (Wildman–Crippen MR) is 97.1 cm³/mol. The molecule has 0 amide bonds. The van der Waals surface area contributed by atoms with Crippen molar-refractivity contribution >= 4 is 0 Å². The molecule has 1 heterocycles. The summed E-state index contributed by atoms with van der Waals surface area (Å²) in [5.41, 5.74) is 4.75. The number of ether oxygens (including phenoxy) is 4. The van der Waals surface area contributed by atoms with Gasteiger partial charge in [0.05, 0.1) is 27.4 Å². The zero-order valence-electron chi connectivity index (χ0n) is 15.4. The summed E-state index contributed by atoms with van der Waals surface area (Å²) in [5.74, 6) is 2.94. The third-order valence-electron chi connectivity index (χ3n) is 4.75. The van der Waals surface area contributed by atoms with Crippen molar-refractivity contribution in [2.75, 3.05) is 27.9 Å². The van der Waals surface area contributed by atoms with Crippen molar-refractivity contribution in [1.82, 2.24) is 5.32 Å². The summed E-state index contributed by atoms with van der Waals surface area (Å²) < 4.78 is 22.1. The highest BCUT2D eigenvalue weighted by molar-refractivity contribution is 5.54. The van der Waals surface area contributed by atoms with Crippen molar-refractivity contribution in [1.29, 1.82) is 0 Å². The molecule has 0 unspecified atom stereocenters. The molecule has 0 radical (unpaired) electrons. The molecule has 3 rings (SSSR count). The largest absolute Gasteiger partial charge is 0.493 e. The fourth-order valence-electron chi connectivity index (χ4n) is 3.18. The smallest absolute Gasteiger partial charge is 0.203 e. The molecule has 2 aromatic rings. The van der Waals surface area contributed by atoms with Crippen LogP contribution in [-0.2, 0) is 6.54 Å². The molecule has 2 aromatic carbocycles. The van der Waals surface area contributed by atoms with E-state index in [1.165, 1.54) is 16.7 Å². The van der Waals surface area contributed by atoms with Gasteiger partial charge in [-0.3, -0.25) is 0 Å². The second-order valence-corrected chi connectivity index (χ2v) is 6.20. The standard InChI is InChI=1S/C20H25NO4/c1-12-6-7-15-16(11-25-19(15)13(12)2)21-10-14-8-17(22-3)20(24-5)18(9-14)23-4/h6-9,16,21H,10-11H2,1-5H3/t16-/m1/s1. The van der Waals surface area contributed by atoms with Gasteiger partial charge < -0.3 is 24.3 Å². The van der Waals surface area contributed by atoms with E-state index in [4.69, 9.17) is 18.9 Å². The van der Waals surface area contributed by atoms with Crippen LogP contribution in [0.5, 0.6) is 23.0 Å². The molecule has 0 bridgehead atoms. The van der Waals surface area contributed by atoms with E-state index >= 15 is 0 Å². The van der Waals surface area contributed by atoms with Crippen LogP contribution in [0.3, 0.4) is 0 Å². The van der Waals surface area contributed by atoms with Crippen LogP contribution in [0.2, 0.25) is 0 Å². The lowest BCUT2D eigenvalue weighted by molar-refractivity contribution is 0.308. The Morgan fingerprint density at radius 2 is 1.72 bits per heavy atom. The third-order valence-corrected chi connectivity index (χ3v) is 4.75. The quantitative estimate of drug-likeness (QED) is 0.869. The maximum atomic E-state index is 5.91. The van der Waals surface area contributed by atoms with Gasteiger partial charge >= 0.3 is 0 Å². The highest BCUT2D eigenvalue weighted by Gasteiger charge is 2.26. The van der Waals surface area contributed by atoms with E-state index in [9.17, 15) is 0 Å². The van der Waals surface area contributed by atoms with Crippen molar-refractivity contribution in [2.45, 2.75) is 26.4 Å². The van der Waals surface area contributed by atoms with Gasteiger partial charge in [0.1, 0.15) is 12.4 Å². The normalized spacial score (nSPS) is 15.5. The highest BCUT2D eigenvalue weighted by atomic mass is 16.5. The number of hydrogen-bond donors (Lipinski definition) is 1. The SMILES string of the molecule is COc1cc(CN[C@@H]2COc3c2ccc(C)c3C)cc(OC)c1OC. The molecule has 0 fully saturated rings. The first-order chi connectivity index (χ1) is 12.1. The summed E-state index contributed by atoms with van der Waals surface area (Å²) in [6.07, 6.45) is 0. The first-order valence-corrected chi connectivity index (χ1v) is 8.34. The van der Waals surface area contributed by atoms with E-state index in [1.54, 1.807) is 21.3 Å². The summed E-state index contributed by atoms with van der Waals surface area (Å²) >= 11 is 0. The fraction of sp³-hybridized carbons (Fsp3) is 0.400. The van der Waals surface area contributed by atoms with Gasteiger partial charge in [0.25, 0.3) is 0 Å². The van der Waals surface area contributed by atoms with Crippen molar-refractivity contribution in [3.63, 3.8) is 0 Å². The highest BCUT2D eigenvalue weighted by Crippen LogP contribution is 2.39. The van der Waals surface area contributed by atoms with E-state index in [1.807, 2.05) is 12.1 Å². The maximum absolute atomic E-state index is 5.91. The van der Waals surface area contributed by atoms with Crippen LogP contribution in [0.15, 0.2) is 24.3 Å². The molecule has 5 heteroatoms. The molecular weight excluding hydrogens is 318 g/mol. The van der Waals surface area contributed by atoms with Gasteiger partial charge in [-0.25, -0.2) is 0 Å². The minimum absolute atomic E-state index is 0.174. The Bertz CT molecular complexity index is 748. The van der Waals surface area contributed by atoms with Gasteiger partial charge in [0.2, 0.25) is 5.75 Å². The minimum Gasteiger partial charge on any atom is -0.493 e. The Morgan fingerprint density at radius 1 is 1.04 bits per heavy atom. The summed E-state index contributed by atoms with van der Waals surface area (Å²) in [5, 5.41) is 3.56. The lowest BCUT2D eigenvalue weighted by Gasteiger charge is -2.16. The van der Waals surface area contributed by atoms with Gasteiger partial charge in [-0.05, 0) is 42.7 Å². The number of benzene rings is 2. The van der Waals surface area contributed by atoms with Crippen LogP contribution in [0.4, 0.5) is 0 Å². The number of nitrogens with one attached hydrogen (secondary N) is 1. The molecule has 134 valence electrons. The van der Waals surface area contributed by atoms with Crippen LogP contribution in [-0.4, -0.2) is 27.9 Å². The van der Waals surface area contributed by atoms with E-state index in [0.717, 1.165) is 11.3 Å². The van der Waals surface area contributed by atoms with Crippen LogP contribution in [0.1, 0.15) is 28.3 Å². The summed E-state index contributed by atoms with van der Waals surface area (Å²) in [4.78, 5) is 0. The number of hydrogen-bond acceptors (Lipinski definition) is 5. The molecule has 0 aliphatic carbocycles. The van der Waals surface area contributed by atoms with Gasteiger partial charge in [0, 0.05) is 12.1 Å². The molecule has 1 N–H and O–H groups in total. The third kappa shape index (κ3) is 3.24. The molecule has 0 saturated carbocycles. The van der Waals surface area contributed by atoms with E-state index in [2.05, 4.69) is 31.3 Å². The first kappa shape index (κ1) is 17.4. The average molecular weight is 343 g/mol. The van der Waals surface area contributed by atoms with Crippen LogP contribution < -0.4 is 24.3 Å². The Kier molecular flexibility index (Phi) is 5.04. The zero-order chi connectivity index (χ0) is 18.0. The Balaban J connectivity index is 1.79. The number of methoxy groups -OCH3 is 3. The Morgan fingerprint density at radius 3 is 2.32 bits per heavy atom. The summed E-state index contributed by atoms with van der Waals surface area (Å²) in [7, 11) is 4.86. The molecule has 25 heavy (non-hydrogen) atoms. The zero-order valence-corrected chi connectivity index (χ0v) is 15.4. The monoisotopic (exact) mass is 343 g/mol. The van der Waals surface area contributed by atoms with Crippen molar-refractivity contribution in [3.8, 4) is 23.0 Å². The molecular formula is C20H25NO4. The number of fused-ring (bicyclic) bond motifs is 1. The van der Waals surface area contributed by atoms with Gasteiger partial charge in [-0.2, -0.15) is 0 Å². The molecule has 0 aromatic heterocycles. The van der Waals surface area contributed by atoms with Crippen molar-refractivity contribution < 1.29 is 18.9 Å². The molecule has 0 saturated heterocycles. The predicted octanol–water partition coefficient (Wildman–Crippen LogP) is 3.55. The number of rotatable bonds is 6. The topological polar surface area (TPSA) is 49.0 Å². The Hall–Kier alpha value is -2.40. The van der Waals surface area contributed by atoms with Gasteiger partial charge in [-0.15, -0.1) is 0 Å². The van der Waals surface area contributed by atoms with E-state index in [0.29, 0.717) is 30.4 Å². The second kappa shape index (κ2) is 7.23. The molecule has 5 nitrogen and oxygen atoms in total. The van der Waals surface area contributed by atoms with Gasteiger partial charge in [-0.1, -0.05) is 12.1 Å². The van der Waals surface area contributed by atoms with Crippen LogP contribution >= 0.6 is 0 Å². The lowest BCUT2D eigenvalue weighted by atomic mass is 10.0. The Labute approximate surface area is 148 Å². The molecule has 1 aliphatic rings. The second-order valence-electron chi connectivity index (χ2n) is 6.20. The average Bonchev–Trinajstić information content (AvgIpc) is 3.05. The van der Waals surface area contributed by atoms with Crippen LogP contribution in [0.25, 0.3) is 0 Å². The van der Waals surface area contributed by atoms with E-state index in [-0.39, 0.29) is 6.04 Å². The summed E-state index contributed by atoms with van der Waals surface area (Å²) in [6, 6.07) is 8.40. The van der Waals surface area contributed by atoms with E-state index < -0.39 is 0 Å². The number of aryl methyl sites for hydroxylation is 1. The van der Waals surface area contributed by atoms with Crippen molar-refractivity contribution in [3.05, 3.63) is 46.5 Å². The lowest BCUT2D eigenvalue weighted by Crippen LogP contribution is -2.22. The minimum atomic E-state index is 0.174. The molecule has 1 aliphatic heterocycles. The molecule has 0 spiro atoms. The first-order valence-electron chi connectivity index (χ1n) is 8.34. The summed E-state index contributed by atoms with van der Waals surface area (Å²) in [6.45, 7) is 5.53. The molecule has 1 atom stereocenters.